The number of amidine groups is 1. The number of nitrogens with two attached hydrogens (primary N) is 1. The molecule has 16 heavy (non-hydrogen) atoms. The lowest BCUT2D eigenvalue weighted by Crippen LogP contribution is -2.35. The van der Waals surface area contributed by atoms with Crippen LogP contribution in [0.25, 0.3) is 0 Å². The molecule has 3 N–H and O–H groups in total. The Hall–Kier alpha value is -0.780. The molecule has 0 unspecified atom stereocenters. The van der Waals surface area contributed by atoms with Crippen LogP contribution in [-0.4, -0.2) is 36.5 Å². The van der Waals surface area contributed by atoms with E-state index in [-0.39, 0.29) is 5.84 Å². The average Bonchev–Trinajstić information content (AvgIpc) is 2.09. The highest BCUT2D eigenvalue weighted by Crippen LogP contribution is 2.17. The Morgan fingerprint density at radius 3 is 2.31 bits per heavy atom. The Labute approximate surface area is 94.3 Å². The van der Waals surface area contributed by atoms with E-state index >= 15 is 0 Å². The monoisotopic (exact) mass is 239 g/mol. The molecule has 0 aromatic carbocycles. The van der Waals surface area contributed by atoms with Crippen molar-refractivity contribution in [2.45, 2.75) is 38.8 Å². The molecule has 96 valence electrons. The van der Waals surface area contributed by atoms with Crippen LogP contribution >= 0.6 is 0 Å². The highest BCUT2D eigenvalue weighted by Gasteiger charge is 2.29. The fraction of sp³-hybridized carbons (Fsp3) is 0.900. The normalized spacial score (nSPS) is 12.1. The predicted molar refractivity (Wildman–Crippen MR) is 58.6 cm³/mol. The van der Waals surface area contributed by atoms with Crippen LogP contribution < -0.4 is 5.73 Å². The van der Waals surface area contributed by atoms with E-state index in [9.17, 15) is 13.2 Å². The van der Waals surface area contributed by atoms with Gasteiger partial charge in [-0.25, -0.2) is 0 Å². The van der Waals surface area contributed by atoms with E-state index < -0.39 is 12.7 Å². The summed E-state index contributed by atoms with van der Waals surface area (Å²) in [6.45, 7) is 1.89. The molecule has 0 aromatic rings. The van der Waals surface area contributed by atoms with Crippen molar-refractivity contribution in [2.75, 3.05) is 19.6 Å². The second kappa shape index (κ2) is 7.49. The second-order valence-corrected chi connectivity index (χ2v) is 3.87. The lowest BCUT2D eigenvalue weighted by Gasteiger charge is -2.22. The molecule has 0 atom stereocenters. The van der Waals surface area contributed by atoms with Gasteiger partial charge in [-0.3, -0.25) is 10.3 Å². The van der Waals surface area contributed by atoms with Gasteiger partial charge in [0.2, 0.25) is 0 Å². The zero-order valence-corrected chi connectivity index (χ0v) is 9.61. The molecule has 0 radical (unpaired) electrons. The smallest absolute Gasteiger partial charge is 0.388 e. The van der Waals surface area contributed by atoms with E-state index in [1.54, 1.807) is 0 Å². The van der Waals surface area contributed by atoms with Gasteiger partial charge in [-0.15, -0.1) is 0 Å². The minimum Gasteiger partial charge on any atom is -0.388 e. The highest BCUT2D eigenvalue weighted by atomic mass is 19.4. The van der Waals surface area contributed by atoms with Crippen molar-refractivity contribution in [3.8, 4) is 0 Å². The molecule has 0 amide bonds. The summed E-state index contributed by atoms with van der Waals surface area (Å²) in [5.74, 6) is 0.0952. The van der Waals surface area contributed by atoms with Gasteiger partial charge < -0.3 is 5.73 Å². The van der Waals surface area contributed by atoms with Gasteiger partial charge in [-0.1, -0.05) is 6.92 Å². The van der Waals surface area contributed by atoms with Gasteiger partial charge in [0.05, 0.1) is 12.4 Å². The number of rotatable bonds is 8. The van der Waals surface area contributed by atoms with Crippen molar-refractivity contribution in [1.82, 2.24) is 4.90 Å². The van der Waals surface area contributed by atoms with Crippen molar-refractivity contribution in [2.24, 2.45) is 5.73 Å². The second-order valence-electron chi connectivity index (χ2n) is 3.87. The SMILES string of the molecule is CCCN(CCCCC(=N)N)CC(F)(F)F. The first kappa shape index (κ1) is 15.2. The molecule has 0 rings (SSSR count). The summed E-state index contributed by atoms with van der Waals surface area (Å²) in [4.78, 5) is 1.40. The molecule has 0 heterocycles. The average molecular weight is 239 g/mol. The number of alkyl halides is 3. The van der Waals surface area contributed by atoms with Crippen molar-refractivity contribution in [3.63, 3.8) is 0 Å². The molecule has 0 aliphatic rings. The van der Waals surface area contributed by atoms with Crippen molar-refractivity contribution in [3.05, 3.63) is 0 Å². The van der Waals surface area contributed by atoms with E-state index in [2.05, 4.69) is 0 Å². The first-order chi connectivity index (χ1) is 7.35. The molecule has 0 saturated carbocycles. The Balaban J connectivity index is 3.80. The summed E-state index contributed by atoms with van der Waals surface area (Å²) in [7, 11) is 0. The number of halogens is 3. The summed E-state index contributed by atoms with van der Waals surface area (Å²) in [5.41, 5.74) is 5.16. The third-order valence-electron chi connectivity index (χ3n) is 2.11. The van der Waals surface area contributed by atoms with Gasteiger partial charge in [-0.05, 0) is 32.4 Å². The van der Waals surface area contributed by atoms with Gasteiger partial charge in [-0.2, -0.15) is 13.2 Å². The van der Waals surface area contributed by atoms with Gasteiger partial charge >= 0.3 is 6.18 Å². The molecular formula is C10H20F3N3. The first-order valence-corrected chi connectivity index (χ1v) is 5.47. The minimum absolute atomic E-state index is 0.0952. The molecule has 0 fully saturated rings. The summed E-state index contributed by atoms with van der Waals surface area (Å²) in [5, 5.41) is 6.99. The summed E-state index contributed by atoms with van der Waals surface area (Å²) in [6.07, 6.45) is -1.63. The Bertz CT molecular complexity index is 204. The number of nitrogens with zero attached hydrogens (tertiary/aromatic N) is 1. The minimum atomic E-state index is -4.13. The van der Waals surface area contributed by atoms with Crippen LogP contribution in [0.5, 0.6) is 0 Å². The summed E-state index contributed by atoms with van der Waals surface area (Å²) in [6, 6.07) is 0. The largest absolute Gasteiger partial charge is 0.401 e. The number of hydrogen-bond acceptors (Lipinski definition) is 2. The van der Waals surface area contributed by atoms with Gasteiger partial charge in [0.25, 0.3) is 0 Å². The summed E-state index contributed by atoms with van der Waals surface area (Å²) < 4.78 is 36.5. The van der Waals surface area contributed by atoms with Crippen LogP contribution in [0.4, 0.5) is 13.2 Å². The predicted octanol–water partition coefficient (Wildman–Crippen LogP) is 2.37. The molecule has 0 bridgehead atoms. The summed E-state index contributed by atoms with van der Waals surface area (Å²) >= 11 is 0. The zero-order valence-electron chi connectivity index (χ0n) is 9.61. The van der Waals surface area contributed by atoms with Crippen LogP contribution in [0.1, 0.15) is 32.6 Å². The Morgan fingerprint density at radius 2 is 1.88 bits per heavy atom. The van der Waals surface area contributed by atoms with E-state index in [1.807, 2.05) is 6.92 Å². The van der Waals surface area contributed by atoms with E-state index in [4.69, 9.17) is 11.1 Å². The third kappa shape index (κ3) is 9.76. The molecular weight excluding hydrogens is 219 g/mol. The Morgan fingerprint density at radius 1 is 1.25 bits per heavy atom. The lowest BCUT2D eigenvalue weighted by molar-refractivity contribution is -0.146. The van der Waals surface area contributed by atoms with Gasteiger partial charge in [0, 0.05) is 6.42 Å². The highest BCUT2D eigenvalue weighted by molar-refractivity contribution is 5.76. The standard InChI is InChI=1S/C10H20F3N3/c1-2-6-16(8-10(11,12)13)7-4-3-5-9(14)15/h2-8H2,1H3,(H3,14,15). The maximum Gasteiger partial charge on any atom is 0.401 e. The van der Waals surface area contributed by atoms with Crippen LogP contribution in [0.3, 0.4) is 0 Å². The number of unbranched alkanes of at least 4 members (excludes halogenated alkanes) is 1. The van der Waals surface area contributed by atoms with Crippen LogP contribution in [0.15, 0.2) is 0 Å². The maximum absolute atomic E-state index is 12.2. The Kier molecular flexibility index (Phi) is 7.12. The van der Waals surface area contributed by atoms with Crippen LogP contribution in [0, 0.1) is 5.41 Å². The number of hydrogen-bond donors (Lipinski definition) is 2. The fourth-order valence-corrected chi connectivity index (χ4v) is 1.49. The molecule has 0 saturated heterocycles. The molecule has 0 aliphatic carbocycles. The molecule has 6 heteroatoms. The van der Waals surface area contributed by atoms with Crippen molar-refractivity contribution in [1.29, 1.82) is 5.41 Å². The van der Waals surface area contributed by atoms with Gasteiger partial charge in [0.1, 0.15) is 0 Å². The molecule has 3 nitrogen and oxygen atoms in total. The maximum atomic E-state index is 12.2. The topological polar surface area (TPSA) is 53.1 Å². The van der Waals surface area contributed by atoms with Crippen LogP contribution in [-0.2, 0) is 0 Å². The van der Waals surface area contributed by atoms with E-state index in [1.165, 1.54) is 4.90 Å². The quantitative estimate of drug-likeness (QED) is 0.388. The molecule has 0 spiro atoms. The lowest BCUT2D eigenvalue weighted by atomic mass is 10.2. The van der Waals surface area contributed by atoms with E-state index in [0.29, 0.717) is 38.8 Å². The zero-order chi connectivity index (χ0) is 12.6. The molecule has 0 aliphatic heterocycles. The third-order valence-corrected chi connectivity index (χ3v) is 2.11. The fourth-order valence-electron chi connectivity index (χ4n) is 1.49. The van der Waals surface area contributed by atoms with Crippen molar-refractivity contribution < 1.29 is 13.2 Å². The first-order valence-electron chi connectivity index (χ1n) is 5.47. The number of nitrogens with one attached hydrogen (secondary N) is 1. The van der Waals surface area contributed by atoms with Crippen molar-refractivity contribution >= 4 is 5.84 Å². The molecule has 0 aromatic heterocycles. The van der Waals surface area contributed by atoms with Crippen LogP contribution in [0.2, 0.25) is 0 Å². The van der Waals surface area contributed by atoms with E-state index in [0.717, 1.165) is 0 Å². The van der Waals surface area contributed by atoms with Gasteiger partial charge in [0.15, 0.2) is 0 Å².